The third-order valence-corrected chi connectivity index (χ3v) is 4.24. The lowest BCUT2D eigenvalue weighted by atomic mass is 10.2. The van der Waals surface area contributed by atoms with E-state index in [0.717, 1.165) is 18.2 Å². The first-order valence-electron chi connectivity index (χ1n) is 6.80. The van der Waals surface area contributed by atoms with Gasteiger partial charge >= 0.3 is 0 Å². The van der Waals surface area contributed by atoms with Gasteiger partial charge in [0.2, 0.25) is 10.3 Å². The lowest BCUT2D eigenvalue weighted by Crippen LogP contribution is -2.17. The number of rotatable bonds is 4. The SMILES string of the molecule is COc1cccc(C(=O)Nc2nnc(N3CCCC3)s2)c1. The largest absolute Gasteiger partial charge is 0.497 e. The Morgan fingerprint density at radius 1 is 1.33 bits per heavy atom. The van der Waals surface area contributed by atoms with Crippen molar-refractivity contribution >= 4 is 27.5 Å². The minimum absolute atomic E-state index is 0.210. The number of carbonyl (C=O) groups is 1. The molecule has 1 aliphatic rings. The van der Waals surface area contributed by atoms with Gasteiger partial charge < -0.3 is 9.64 Å². The summed E-state index contributed by atoms with van der Waals surface area (Å²) in [5.74, 6) is 0.440. The molecule has 7 heteroatoms. The van der Waals surface area contributed by atoms with Crippen LogP contribution in [0.2, 0.25) is 0 Å². The molecule has 110 valence electrons. The first-order valence-corrected chi connectivity index (χ1v) is 7.62. The molecule has 1 aliphatic heterocycles. The van der Waals surface area contributed by atoms with E-state index in [-0.39, 0.29) is 5.91 Å². The third-order valence-electron chi connectivity index (χ3n) is 3.34. The van der Waals surface area contributed by atoms with Crippen LogP contribution >= 0.6 is 11.3 Å². The number of hydrogen-bond donors (Lipinski definition) is 1. The molecular formula is C14H16N4O2S. The van der Waals surface area contributed by atoms with E-state index in [4.69, 9.17) is 4.74 Å². The molecule has 2 heterocycles. The molecule has 0 aliphatic carbocycles. The Bertz CT molecular complexity index is 637. The van der Waals surface area contributed by atoms with Crippen molar-refractivity contribution < 1.29 is 9.53 Å². The maximum Gasteiger partial charge on any atom is 0.257 e. The normalized spacial score (nSPS) is 14.2. The summed E-state index contributed by atoms with van der Waals surface area (Å²) in [5, 5.41) is 12.3. The van der Waals surface area contributed by atoms with Crippen molar-refractivity contribution in [3.05, 3.63) is 29.8 Å². The van der Waals surface area contributed by atoms with E-state index >= 15 is 0 Å². The highest BCUT2D eigenvalue weighted by molar-refractivity contribution is 7.19. The van der Waals surface area contributed by atoms with Crippen LogP contribution in [-0.4, -0.2) is 36.3 Å². The summed E-state index contributed by atoms with van der Waals surface area (Å²) >= 11 is 1.40. The third kappa shape index (κ3) is 3.13. The van der Waals surface area contributed by atoms with Crippen molar-refractivity contribution in [2.75, 3.05) is 30.4 Å². The number of carbonyl (C=O) groups excluding carboxylic acids is 1. The van der Waals surface area contributed by atoms with Crippen molar-refractivity contribution in [1.82, 2.24) is 10.2 Å². The van der Waals surface area contributed by atoms with Crippen LogP contribution in [0.3, 0.4) is 0 Å². The van der Waals surface area contributed by atoms with Gasteiger partial charge in [0.1, 0.15) is 5.75 Å². The minimum atomic E-state index is -0.210. The number of aromatic nitrogens is 2. The van der Waals surface area contributed by atoms with E-state index in [2.05, 4.69) is 20.4 Å². The number of amides is 1. The Labute approximate surface area is 126 Å². The Morgan fingerprint density at radius 3 is 2.90 bits per heavy atom. The first-order chi connectivity index (χ1) is 10.3. The smallest absolute Gasteiger partial charge is 0.257 e. The lowest BCUT2D eigenvalue weighted by Gasteiger charge is -2.10. The van der Waals surface area contributed by atoms with Gasteiger partial charge in [-0.3, -0.25) is 10.1 Å². The van der Waals surface area contributed by atoms with Crippen LogP contribution in [0.1, 0.15) is 23.2 Å². The quantitative estimate of drug-likeness (QED) is 0.939. The molecule has 1 aromatic carbocycles. The van der Waals surface area contributed by atoms with Crippen LogP contribution in [-0.2, 0) is 0 Å². The Morgan fingerprint density at radius 2 is 2.14 bits per heavy atom. The fourth-order valence-electron chi connectivity index (χ4n) is 2.24. The maximum atomic E-state index is 12.2. The van der Waals surface area contributed by atoms with E-state index in [1.807, 2.05) is 0 Å². The number of hydrogen-bond acceptors (Lipinski definition) is 6. The Hall–Kier alpha value is -2.15. The number of nitrogens with one attached hydrogen (secondary N) is 1. The molecule has 0 radical (unpaired) electrons. The van der Waals surface area contributed by atoms with Gasteiger partial charge in [-0.05, 0) is 31.0 Å². The van der Waals surface area contributed by atoms with Crippen LogP contribution in [0.15, 0.2) is 24.3 Å². The fourth-order valence-corrected chi connectivity index (χ4v) is 3.03. The monoisotopic (exact) mass is 304 g/mol. The van der Waals surface area contributed by atoms with Crippen LogP contribution in [0, 0.1) is 0 Å². The first kappa shape index (κ1) is 13.8. The fraction of sp³-hybridized carbons (Fsp3) is 0.357. The number of anilines is 2. The zero-order chi connectivity index (χ0) is 14.7. The Balaban J connectivity index is 1.69. The average molecular weight is 304 g/mol. The number of benzene rings is 1. The molecule has 6 nitrogen and oxygen atoms in total. The number of methoxy groups -OCH3 is 1. The molecule has 1 fully saturated rings. The highest BCUT2D eigenvalue weighted by Gasteiger charge is 2.17. The topological polar surface area (TPSA) is 67.3 Å². The summed E-state index contributed by atoms with van der Waals surface area (Å²) in [7, 11) is 1.57. The van der Waals surface area contributed by atoms with Gasteiger partial charge in [-0.1, -0.05) is 17.4 Å². The zero-order valence-corrected chi connectivity index (χ0v) is 12.5. The molecule has 0 atom stereocenters. The average Bonchev–Trinajstić information content (AvgIpc) is 3.18. The summed E-state index contributed by atoms with van der Waals surface area (Å²) in [4.78, 5) is 14.4. The molecule has 3 rings (SSSR count). The molecule has 1 amide bonds. The van der Waals surface area contributed by atoms with E-state index in [1.54, 1.807) is 31.4 Å². The van der Waals surface area contributed by atoms with Crippen LogP contribution in [0.25, 0.3) is 0 Å². The second-order valence-corrected chi connectivity index (χ2v) is 5.73. The van der Waals surface area contributed by atoms with Crippen molar-refractivity contribution in [2.45, 2.75) is 12.8 Å². The highest BCUT2D eigenvalue weighted by Crippen LogP contribution is 2.27. The lowest BCUT2D eigenvalue weighted by molar-refractivity contribution is 0.102. The number of ether oxygens (including phenoxy) is 1. The van der Waals surface area contributed by atoms with Crippen LogP contribution in [0.5, 0.6) is 5.75 Å². The molecule has 21 heavy (non-hydrogen) atoms. The maximum absolute atomic E-state index is 12.2. The van der Waals surface area contributed by atoms with Gasteiger partial charge in [0.25, 0.3) is 5.91 Å². The van der Waals surface area contributed by atoms with Gasteiger partial charge in [0, 0.05) is 18.7 Å². The zero-order valence-electron chi connectivity index (χ0n) is 11.7. The molecule has 0 spiro atoms. The molecular weight excluding hydrogens is 288 g/mol. The van der Waals surface area contributed by atoms with Gasteiger partial charge in [-0.2, -0.15) is 0 Å². The standard InChI is InChI=1S/C14H16N4O2S/c1-20-11-6-4-5-10(9-11)12(19)15-13-16-17-14(21-13)18-7-2-3-8-18/h4-6,9H,2-3,7-8H2,1H3,(H,15,16,19). The van der Waals surface area contributed by atoms with Gasteiger partial charge in [0.15, 0.2) is 0 Å². The predicted molar refractivity (Wildman–Crippen MR) is 82.3 cm³/mol. The summed E-state index contributed by atoms with van der Waals surface area (Å²) < 4.78 is 5.11. The summed E-state index contributed by atoms with van der Waals surface area (Å²) in [6, 6.07) is 7.01. The van der Waals surface area contributed by atoms with Crippen LogP contribution < -0.4 is 15.0 Å². The van der Waals surface area contributed by atoms with E-state index in [1.165, 1.54) is 24.2 Å². The van der Waals surface area contributed by atoms with Crippen LogP contribution in [0.4, 0.5) is 10.3 Å². The number of nitrogens with zero attached hydrogens (tertiary/aromatic N) is 3. The van der Waals surface area contributed by atoms with Crippen molar-refractivity contribution in [1.29, 1.82) is 0 Å². The van der Waals surface area contributed by atoms with Gasteiger partial charge in [0.05, 0.1) is 7.11 Å². The van der Waals surface area contributed by atoms with Crippen molar-refractivity contribution in [2.24, 2.45) is 0 Å². The molecule has 1 N–H and O–H groups in total. The predicted octanol–water partition coefficient (Wildman–Crippen LogP) is 2.40. The molecule has 1 saturated heterocycles. The van der Waals surface area contributed by atoms with Crippen molar-refractivity contribution in [3.8, 4) is 5.75 Å². The highest BCUT2D eigenvalue weighted by atomic mass is 32.1. The Kier molecular flexibility index (Phi) is 4.01. The minimum Gasteiger partial charge on any atom is -0.497 e. The summed E-state index contributed by atoms with van der Waals surface area (Å²) in [5.41, 5.74) is 0.535. The molecule has 0 saturated carbocycles. The van der Waals surface area contributed by atoms with E-state index < -0.39 is 0 Å². The van der Waals surface area contributed by atoms with E-state index in [9.17, 15) is 4.79 Å². The second kappa shape index (κ2) is 6.09. The summed E-state index contributed by atoms with van der Waals surface area (Å²) in [6.07, 6.45) is 2.37. The second-order valence-electron chi connectivity index (χ2n) is 4.77. The van der Waals surface area contributed by atoms with Gasteiger partial charge in [-0.15, -0.1) is 10.2 Å². The molecule has 1 aromatic heterocycles. The summed E-state index contributed by atoms with van der Waals surface area (Å²) in [6.45, 7) is 2.02. The molecule has 2 aromatic rings. The van der Waals surface area contributed by atoms with Gasteiger partial charge in [-0.25, -0.2) is 0 Å². The molecule has 0 unspecified atom stereocenters. The van der Waals surface area contributed by atoms with E-state index in [0.29, 0.717) is 16.4 Å². The molecule has 0 bridgehead atoms. The van der Waals surface area contributed by atoms with Crippen molar-refractivity contribution in [3.63, 3.8) is 0 Å².